The Morgan fingerprint density at radius 1 is 1.17 bits per heavy atom. The molecule has 11 heteroatoms. The van der Waals surface area contributed by atoms with Gasteiger partial charge in [0, 0.05) is 30.8 Å². The van der Waals surface area contributed by atoms with E-state index in [0.29, 0.717) is 31.3 Å². The van der Waals surface area contributed by atoms with Crippen LogP contribution in [0.4, 0.5) is 10.3 Å². The molecule has 1 amide bonds. The summed E-state index contributed by atoms with van der Waals surface area (Å²) in [6.07, 6.45) is 6.89. The molecular weight excluding hydrogens is 465 g/mol. The van der Waals surface area contributed by atoms with E-state index in [0.717, 1.165) is 35.6 Å². The molecule has 1 aliphatic rings. The van der Waals surface area contributed by atoms with Crippen molar-refractivity contribution < 1.29 is 13.9 Å². The van der Waals surface area contributed by atoms with Gasteiger partial charge in [0.15, 0.2) is 5.82 Å². The normalized spacial score (nSPS) is 16.7. The van der Waals surface area contributed by atoms with Crippen LogP contribution in [0, 0.1) is 18.8 Å². The van der Waals surface area contributed by atoms with E-state index in [9.17, 15) is 9.18 Å². The number of nitrogens with zero attached hydrogens (tertiary/aromatic N) is 7. The van der Waals surface area contributed by atoms with Gasteiger partial charge in [-0.1, -0.05) is 6.07 Å². The van der Waals surface area contributed by atoms with Gasteiger partial charge in [0.1, 0.15) is 6.73 Å². The number of amides is 1. The lowest BCUT2D eigenvalue weighted by molar-refractivity contribution is -0.123. The number of rotatable bonds is 9. The van der Waals surface area contributed by atoms with Gasteiger partial charge in [-0.05, 0) is 43.4 Å². The first kappa shape index (κ1) is 25.1. The molecule has 0 spiro atoms. The third-order valence-corrected chi connectivity index (χ3v) is 7.80. The van der Waals surface area contributed by atoms with Crippen molar-refractivity contribution in [2.75, 3.05) is 18.1 Å². The number of aromatic nitrogens is 6. The summed E-state index contributed by atoms with van der Waals surface area (Å²) in [4.78, 5) is 23.7. The topological polar surface area (TPSA) is 98.9 Å². The third kappa shape index (κ3) is 6.34. The monoisotopic (exact) mass is 497 g/mol. The van der Waals surface area contributed by atoms with Crippen LogP contribution in [0.25, 0.3) is 11.4 Å². The van der Waals surface area contributed by atoms with Gasteiger partial charge in [0.25, 0.3) is 0 Å². The Labute approximate surface area is 205 Å². The molecule has 4 rings (SSSR count). The number of hydrogen-bond acceptors (Lipinski definition) is 7. The Morgan fingerprint density at radius 3 is 2.69 bits per heavy atom. The van der Waals surface area contributed by atoms with Crippen molar-refractivity contribution in [3.05, 3.63) is 47.8 Å². The molecule has 1 atom stereocenters. The fourth-order valence-electron chi connectivity index (χ4n) is 4.03. The molecule has 1 saturated heterocycles. The predicted octanol–water partition coefficient (Wildman–Crippen LogP) is 3.88. The molecule has 0 aromatic carbocycles. The lowest BCUT2D eigenvalue weighted by Crippen LogP contribution is -2.43. The van der Waals surface area contributed by atoms with Crippen LogP contribution in [0.2, 0.25) is 25.7 Å². The van der Waals surface area contributed by atoms with Crippen molar-refractivity contribution in [1.82, 2.24) is 29.9 Å². The summed E-state index contributed by atoms with van der Waals surface area (Å²) in [6.45, 7) is 10.2. The van der Waals surface area contributed by atoms with Gasteiger partial charge >= 0.3 is 0 Å². The predicted molar refractivity (Wildman–Crippen MR) is 133 cm³/mol. The number of ether oxygens (including phenoxy) is 1. The van der Waals surface area contributed by atoms with E-state index in [4.69, 9.17) is 9.72 Å². The van der Waals surface area contributed by atoms with Crippen molar-refractivity contribution in [3.8, 4) is 11.4 Å². The Bertz CT molecular complexity index is 1160. The molecule has 3 aromatic rings. The highest BCUT2D eigenvalue weighted by Crippen LogP contribution is 2.28. The number of hydrogen-bond donors (Lipinski definition) is 0. The second kappa shape index (κ2) is 10.7. The number of anilines is 1. The van der Waals surface area contributed by atoms with Crippen molar-refractivity contribution in [3.63, 3.8) is 0 Å². The fraction of sp³-hybridized carbons (Fsp3) is 0.500. The molecule has 1 aliphatic heterocycles. The minimum Gasteiger partial charge on any atom is -0.362 e. The van der Waals surface area contributed by atoms with Crippen LogP contribution >= 0.6 is 0 Å². The summed E-state index contributed by atoms with van der Waals surface area (Å²) in [5.74, 6) is 0.171. The van der Waals surface area contributed by atoms with Gasteiger partial charge in [0.05, 0.1) is 12.4 Å². The van der Waals surface area contributed by atoms with E-state index in [1.54, 1.807) is 28.0 Å². The highest BCUT2D eigenvalue weighted by atomic mass is 28.3. The van der Waals surface area contributed by atoms with E-state index in [1.807, 2.05) is 6.92 Å². The average Bonchev–Trinajstić information content (AvgIpc) is 3.23. The van der Waals surface area contributed by atoms with Gasteiger partial charge in [-0.25, -0.2) is 9.67 Å². The molecule has 1 fully saturated rings. The first-order valence-corrected chi connectivity index (χ1v) is 15.6. The van der Waals surface area contributed by atoms with E-state index in [1.165, 1.54) is 12.3 Å². The number of carbonyl (C=O) groups excluding carboxylic acids is 1. The maximum Gasteiger partial charge on any atom is 0.233 e. The van der Waals surface area contributed by atoms with E-state index in [-0.39, 0.29) is 18.6 Å². The first-order valence-electron chi connectivity index (χ1n) is 11.9. The van der Waals surface area contributed by atoms with Crippen LogP contribution in [-0.2, 0) is 22.7 Å². The highest BCUT2D eigenvalue weighted by Gasteiger charge is 2.33. The van der Waals surface area contributed by atoms with Crippen LogP contribution in [0.15, 0.2) is 30.7 Å². The van der Waals surface area contributed by atoms with E-state index in [2.05, 4.69) is 39.9 Å². The molecule has 3 aromatic heterocycles. The Morgan fingerprint density at radius 2 is 1.97 bits per heavy atom. The molecule has 187 valence electrons. The zero-order chi connectivity index (χ0) is 25.0. The van der Waals surface area contributed by atoms with Crippen LogP contribution in [0.3, 0.4) is 0 Å². The highest BCUT2D eigenvalue weighted by molar-refractivity contribution is 6.76. The molecule has 0 bridgehead atoms. The van der Waals surface area contributed by atoms with Crippen LogP contribution in [-0.4, -0.2) is 57.1 Å². The smallest absolute Gasteiger partial charge is 0.233 e. The van der Waals surface area contributed by atoms with E-state index >= 15 is 0 Å². The number of carbonyl (C=O) groups is 1. The lowest BCUT2D eigenvalue weighted by Gasteiger charge is -2.31. The molecule has 0 aliphatic carbocycles. The lowest BCUT2D eigenvalue weighted by atomic mass is 9.91. The maximum absolute atomic E-state index is 13.5. The summed E-state index contributed by atoms with van der Waals surface area (Å²) in [6, 6.07) is 4.04. The second-order valence-electron chi connectivity index (χ2n) is 10.2. The third-order valence-electron chi connectivity index (χ3n) is 6.09. The maximum atomic E-state index is 13.5. The molecule has 1 unspecified atom stereocenters. The summed E-state index contributed by atoms with van der Waals surface area (Å²) in [5, 5.41) is 12.6. The fourth-order valence-corrected chi connectivity index (χ4v) is 4.79. The Hall–Kier alpha value is -3.05. The van der Waals surface area contributed by atoms with E-state index < -0.39 is 14.0 Å². The number of piperidine rings is 1. The van der Waals surface area contributed by atoms with Gasteiger partial charge in [-0.3, -0.25) is 9.69 Å². The van der Waals surface area contributed by atoms with Crippen molar-refractivity contribution in [2.24, 2.45) is 5.92 Å². The Balaban J connectivity index is 1.58. The standard InChI is InChI=1S/C24H32FN7O2Si/c1-17-13-27-28-15-20(17)22-29-24(32(30-22)16-34-10-11-35(2,3)4)31-9-5-6-19(23(31)33)12-18-7-8-21(25)26-14-18/h7-8,13-15,19H,5-6,9-12,16H2,1-4H3/q-1. The first-order chi connectivity index (χ1) is 16.7. The number of aryl methyl sites for hydroxylation is 1. The average molecular weight is 498 g/mol. The minimum atomic E-state index is -1.24. The zero-order valence-electron chi connectivity index (χ0n) is 20.7. The van der Waals surface area contributed by atoms with Gasteiger partial charge in [0.2, 0.25) is 17.8 Å². The van der Waals surface area contributed by atoms with Crippen molar-refractivity contribution in [2.45, 2.75) is 58.6 Å². The van der Waals surface area contributed by atoms with Crippen molar-refractivity contribution >= 4 is 19.9 Å². The van der Waals surface area contributed by atoms with Gasteiger partial charge in [-0.15, -0.1) is 19.2 Å². The molecule has 0 radical (unpaired) electrons. The number of halogens is 1. The molecule has 0 saturated carbocycles. The summed E-state index contributed by atoms with van der Waals surface area (Å²) >= 11 is 0. The molecule has 9 nitrogen and oxygen atoms in total. The van der Waals surface area contributed by atoms with Crippen LogP contribution in [0.1, 0.15) is 24.0 Å². The zero-order valence-corrected chi connectivity index (χ0v) is 21.7. The van der Waals surface area contributed by atoms with Crippen LogP contribution < -0.4 is 4.90 Å². The second-order valence-corrected chi connectivity index (χ2v) is 15.8. The van der Waals surface area contributed by atoms with Crippen molar-refractivity contribution in [1.29, 1.82) is 0 Å². The van der Waals surface area contributed by atoms with Gasteiger partial charge in [-0.2, -0.15) is 39.2 Å². The quantitative estimate of drug-likeness (QED) is 0.251. The molecular formula is C24H32FN7O2Si-. The SMILES string of the molecule is Cc1cnncc1-c1nc(N2CCCC(Cc3ccc(F)nc3)C2=O)n(COCC[Si-](C)(C)C)n1. The molecule has 4 heterocycles. The minimum absolute atomic E-state index is 0.0209. The summed E-state index contributed by atoms with van der Waals surface area (Å²) in [7, 11) is -1.24. The molecule has 0 N–H and O–H groups in total. The summed E-state index contributed by atoms with van der Waals surface area (Å²) in [5.41, 5.74) is 2.50. The van der Waals surface area contributed by atoms with Gasteiger partial charge < -0.3 is 4.74 Å². The largest absolute Gasteiger partial charge is 0.362 e. The summed E-state index contributed by atoms with van der Waals surface area (Å²) < 4.78 is 20.8. The Kier molecular flexibility index (Phi) is 7.65. The van der Waals surface area contributed by atoms with Crippen LogP contribution in [0.5, 0.6) is 0 Å². The number of pyridine rings is 1. The molecule has 35 heavy (non-hydrogen) atoms.